The first-order chi connectivity index (χ1) is 34.4. The average Bonchev–Trinajstić information content (AvgIpc) is 3.78. The number of aromatic nitrogens is 2. The molecule has 72 heavy (non-hydrogen) atoms. The van der Waals surface area contributed by atoms with Crippen LogP contribution < -0.4 is 31.9 Å². The lowest BCUT2D eigenvalue weighted by atomic mass is 9.84. The van der Waals surface area contributed by atoms with E-state index in [2.05, 4.69) is 41.9 Å². The number of carbonyl (C=O) groups is 8. The van der Waals surface area contributed by atoms with E-state index in [0.717, 1.165) is 10.9 Å². The van der Waals surface area contributed by atoms with Crippen LogP contribution in [0.2, 0.25) is 0 Å². The number of H-pyrrole nitrogens is 1. The molecule has 5 aromatic rings. The molecule has 18 nitrogen and oxygen atoms in total. The van der Waals surface area contributed by atoms with Crippen molar-refractivity contribution in [3.8, 4) is 0 Å². The number of carboxylic acids is 2. The molecule has 2 aromatic heterocycles. The lowest BCUT2D eigenvalue weighted by Crippen LogP contribution is -2.61. The van der Waals surface area contributed by atoms with Gasteiger partial charge in [-0.15, -0.1) is 0 Å². The molecule has 0 aliphatic heterocycles. The van der Waals surface area contributed by atoms with Crippen LogP contribution in [0.3, 0.4) is 0 Å². The van der Waals surface area contributed by atoms with Crippen LogP contribution >= 0.6 is 0 Å². The predicted molar refractivity (Wildman–Crippen MR) is 270 cm³/mol. The fourth-order valence-electron chi connectivity index (χ4n) is 8.42. The second-order valence-electron chi connectivity index (χ2n) is 18.5. The van der Waals surface area contributed by atoms with Gasteiger partial charge in [0.05, 0.1) is 12.0 Å². The summed E-state index contributed by atoms with van der Waals surface area (Å²) in [6.45, 7) is 10.6. The fraction of sp³-hybridized carbons (Fsp3) is 0.389. The fourth-order valence-corrected chi connectivity index (χ4v) is 8.42. The average molecular weight is 987 g/mol. The molecular formula is C54H66N8O10. The number of para-hydroxylation sites is 1. The van der Waals surface area contributed by atoms with Crippen LogP contribution in [-0.2, 0) is 40.0 Å². The summed E-state index contributed by atoms with van der Waals surface area (Å²) in [7, 11) is 0. The number of aromatic amines is 1. The van der Waals surface area contributed by atoms with Crippen molar-refractivity contribution in [3.63, 3.8) is 0 Å². The van der Waals surface area contributed by atoms with E-state index in [0.29, 0.717) is 29.5 Å². The Bertz CT molecular complexity index is 2610. The Morgan fingerprint density at radius 1 is 0.569 bits per heavy atom. The molecule has 0 saturated carbocycles. The number of pyridine rings is 1. The molecule has 0 spiro atoms. The standard InChI is InChI=1S/C54H66N8O10/c1-7-32(5)45(51(68)59-42(54(71)72)27-37-30-56-39-24-16-15-23-38(37)39)61-52(69)46(33(6)8-2)60-50(67)41(28-43(63)64)57-49(66)40(26-31(3)4)58-53(70)47(62-48(65)36-22-17-25-55-29-36)44(34-18-11-9-12-19-34)35-20-13-10-14-21-35/h9-25,29-33,40-42,44-47,56H,7-8,26-28H2,1-6H3,(H,57,66)(H,58,70)(H,59,68)(H,60,67)(H,61,69)(H,62,65)(H,63,64)(H,71,72)/t32-,33-,40-,41-,42-,45-,46-,47-/m0/s1. The minimum Gasteiger partial charge on any atom is -0.481 e. The Kier molecular flexibility index (Phi) is 20.1. The molecule has 8 atom stereocenters. The van der Waals surface area contributed by atoms with Gasteiger partial charge in [-0.3, -0.25) is 38.5 Å². The summed E-state index contributed by atoms with van der Waals surface area (Å²) in [6.07, 6.45) is 4.35. The van der Waals surface area contributed by atoms with Crippen molar-refractivity contribution in [2.24, 2.45) is 17.8 Å². The number of aliphatic carboxylic acids is 2. The van der Waals surface area contributed by atoms with Crippen LogP contribution in [0.15, 0.2) is 116 Å². The highest BCUT2D eigenvalue weighted by molar-refractivity contribution is 6.00. The number of hydrogen-bond acceptors (Lipinski definition) is 9. The minimum absolute atomic E-state index is 0.0328. The molecule has 0 fully saturated rings. The summed E-state index contributed by atoms with van der Waals surface area (Å²) in [5.74, 6) is -9.64. The Labute approximate surface area is 418 Å². The van der Waals surface area contributed by atoms with Crippen LogP contribution in [-0.4, -0.2) is 104 Å². The van der Waals surface area contributed by atoms with Gasteiger partial charge in [-0.2, -0.15) is 0 Å². The minimum atomic E-state index is -1.75. The van der Waals surface area contributed by atoms with Crippen molar-refractivity contribution in [1.29, 1.82) is 0 Å². The highest BCUT2D eigenvalue weighted by atomic mass is 16.4. The first kappa shape index (κ1) is 55.0. The maximum Gasteiger partial charge on any atom is 0.326 e. The SMILES string of the molecule is CC[C@H](C)[C@H](NC(=O)[C@H](CC(=O)O)NC(=O)[C@H](CC(C)C)NC(=O)[C@@H](NC(=O)c1cccnc1)C(c1ccccc1)c1ccccc1)C(=O)N[C@H](C(=O)N[C@@H](Cc1c[nH]c2ccccc12)C(=O)O)[C@@H](C)CC. The zero-order chi connectivity index (χ0) is 52.5. The summed E-state index contributed by atoms with van der Waals surface area (Å²) < 4.78 is 0. The van der Waals surface area contributed by atoms with Gasteiger partial charge in [-0.25, -0.2) is 4.79 Å². The summed E-state index contributed by atoms with van der Waals surface area (Å²) in [5, 5.41) is 37.1. The normalized spacial score (nSPS) is 14.6. The smallest absolute Gasteiger partial charge is 0.326 e. The zero-order valence-electron chi connectivity index (χ0n) is 41.4. The first-order valence-corrected chi connectivity index (χ1v) is 24.2. The maximum absolute atomic E-state index is 14.7. The monoisotopic (exact) mass is 986 g/mol. The van der Waals surface area contributed by atoms with Gasteiger partial charge in [-0.05, 0) is 59.1 Å². The third kappa shape index (κ3) is 15.1. The summed E-state index contributed by atoms with van der Waals surface area (Å²) in [5.41, 5.74) is 3.00. The molecule has 5 rings (SSSR count). The number of nitrogens with zero attached hydrogens (tertiary/aromatic N) is 1. The molecule has 0 aliphatic carbocycles. The lowest BCUT2D eigenvalue weighted by Gasteiger charge is -2.31. The van der Waals surface area contributed by atoms with Crippen LogP contribution in [0.4, 0.5) is 0 Å². The van der Waals surface area contributed by atoms with Gasteiger partial charge in [-0.1, -0.05) is 133 Å². The number of benzene rings is 3. The van der Waals surface area contributed by atoms with E-state index in [1.165, 1.54) is 12.4 Å². The van der Waals surface area contributed by atoms with Gasteiger partial charge in [0, 0.05) is 41.8 Å². The van der Waals surface area contributed by atoms with E-state index in [1.807, 2.05) is 60.7 Å². The van der Waals surface area contributed by atoms with Crippen molar-refractivity contribution >= 4 is 58.3 Å². The van der Waals surface area contributed by atoms with Gasteiger partial charge in [0.15, 0.2) is 0 Å². The van der Waals surface area contributed by atoms with Crippen LogP contribution in [0.5, 0.6) is 0 Å². The Balaban J connectivity index is 1.38. The maximum atomic E-state index is 14.7. The Morgan fingerprint density at radius 2 is 1.08 bits per heavy atom. The number of nitrogens with one attached hydrogen (secondary N) is 7. The Hall–Kier alpha value is -7.89. The van der Waals surface area contributed by atoms with Crippen LogP contribution in [0, 0.1) is 17.8 Å². The van der Waals surface area contributed by atoms with Crippen LogP contribution in [0.1, 0.15) is 100 Å². The molecule has 9 N–H and O–H groups in total. The van der Waals surface area contributed by atoms with E-state index >= 15 is 0 Å². The summed E-state index contributed by atoms with van der Waals surface area (Å²) in [6, 6.07) is 20.2. The molecule has 0 saturated heterocycles. The number of amides is 6. The largest absolute Gasteiger partial charge is 0.481 e. The molecule has 0 aliphatic rings. The molecule has 0 unspecified atom stereocenters. The number of rotatable bonds is 26. The van der Waals surface area contributed by atoms with E-state index < -0.39 is 108 Å². The van der Waals surface area contributed by atoms with Gasteiger partial charge >= 0.3 is 11.9 Å². The number of fused-ring (bicyclic) bond motifs is 1. The van der Waals surface area contributed by atoms with Crippen molar-refractivity contribution < 1.29 is 48.6 Å². The lowest BCUT2D eigenvalue weighted by molar-refractivity contribution is -0.142. The molecule has 382 valence electrons. The van der Waals surface area contributed by atoms with Crippen molar-refractivity contribution in [2.45, 2.75) is 116 Å². The van der Waals surface area contributed by atoms with E-state index in [9.17, 15) is 48.6 Å². The topological polar surface area (TPSA) is 278 Å². The molecule has 0 bridgehead atoms. The number of carboxylic acid groups (broad SMARTS) is 2. The van der Waals surface area contributed by atoms with Gasteiger partial charge in [0.1, 0.15) is 36.3 Å². The van der Waals surface area contributed by atoms with Gasteiger partial charge in [0.2, 0.25) is 29.5 Å². The predicted octanol–water partition coefficient (Wildman–Crippen LogP) is 4.86. The second kappa shape index (κ2) is 26.4. The Morgan fingerprint density at radius 3 is 1.62 bits per heavy atom. The second-order valence-corrected chi connectivity index (χ2v) is 18.5. The third-order valence-electron chi connectivity index (χ3n) is 12.8. The van der Waals surface area contributed by atoms with E-state index in [-0.39, 0.29) is 24.3 Å². The van der Waals surface area contributed by atoms with Gasteiger partial charge < -0.3 is 47.1 Å². The number of carbonyl (C=O) groups excluding carboxylic acids is 6. The number of hydrogen-bond donors (Lipinski definition) is 9. The van der Waals surface area contributed by atoms with E-state index in [4.69, 9.17) is 0 Å². The first-order valence-electron chi connectivity index (χ1n) is 24.2. The molecule has 2 heterocycles. The molecule has 6 amide bonds. The van der Waals surface area contributed by atoms with Crippen LogP contribution in [0.25, 0.3) is 10.9 Å². The molecule has 3 aromatic carbocycles. The molecule has 0 radical (unpaired) electrons. The van der Waals surface area contributed by atoms with Crippen molar-refractivity contribution in [2.75, 3.05) is 0 Å². The highest BCUT2D eigenvalue weighted by Gasteiger charge is 2.39. The highest BCUT2D eigenvalue weighted by Crippen LogP contribution is 2.29. The zero-order valence-corrected chi connectivity index (χ0v) is 41.4. The van der Waals surface area contributed by atoms with Crippen molar-refractivity contribution in [3.05, 3.63) is 138 Å². The van der Waals surface area contributed by atoms with Gasteiger partial charge in [0.25, 0.3) is 5.91 Å². The molecule has 18 heteroatoms. The van der Waals surface area contributed by atoms with E-state index in [1.54, 1.807) is 84.1 Å². The summed E-state index contributed by atoms with van der Waals surface area (Å²) in [4.78, 5) is 117. The van der Waals surface area contributed by atoms with Crippen molar-refractivity contribution in [1.82, 2.24) is 41.9 Å². The summed E-state index contributed by atoms with van der Waals surface area (Å²) >= 11 is 0. The quantitative estimate of drug-likeness (QED) is 0.0361. The third-order valence-corrected chi connectivity index (χ3v) is 12.8. The molecular weight excluding hydrogens is 921 g/mol.